The Labute approximate surface area is 164 Å². The molecule has 3 rings (SSSR count). The molecule has 0 aliphatic heterocycles. The monoisotopic (exact) mass is 378 g/mol. The molecule has 7 heteroatoms. The molecule has 1 heterocycles. The van der Waals surface area contributed by atoms with Crippen molar-refractivity contribution in [2.45, 2.75) is 6.54 Å². The zero-order valence-corrected chi connectivity index (χ0v) is 16.0. The lowest BCUT2D eigenvalue weighted by atomic mass is 10.2. The summed E-state index contributed by atoms with van der Waals surface area (Å²) in [4.78, 5) is 22.7. The number of aromatic nitrogens is 2. The standard InChI is InChI=1S/C21H22N4O3/c1-25(14-15-7-5-4-6-8-15)20(26)16-12-22-21(23-13-16)24-18-10-9-17(27-2)11-19(18)28-3/h4-13H,14H2,1-3H3,(H,22,23,24). The van der Waals surface area contributed by atoms with Gasteiger partial charge in [0.25, 0.3) is 5.91 Å². The largest absolute Gasteiger partial charge is 0.497 e. The summed E-state index contributed by atoms with van der Waals surface area (Å²) >= 11 is 0. The summed E-state index contributed by atoms with van der Waals surface area (Å²) in [7, 11) is 4.92. The zero-order chi connectivity index (χ0) is 19.9. The minimum absolute atomic E-state index is 0.141. The SMILES string of the molecule is COc1ccc(Nc2ncc(C(=O)N(C)Cc3ccccc3)cn2)c(OC)c1. The van der Waals surface area contributed by atoms with Gasteiger partial charge in [-0.2, -0.15) is 0 Å². The number of carbonyl (C=O) groups is 1. The first-order valence-electron chi connectivity index (χ1n) is 8.71. The summed E-state index contributed by atoms with van der Waals surface area (Å²) in [5, 5.41) is 3.08. The van der Waals surface area contributed by atoms with Crippen molar-refractivity contribution in [2.75, 3.05) is 26.6 Å². The van der Waals surface area contributed by atoms with Crippen LogP contribution in [0.3, 0.4) is 0 Å². The number of hydrogen-bond donors (Lipinski definition) is 1. The smallest absolute Gasteiger partial charge is 0.257 e. The number of carbonyl (C=O) groups excluding carboxylic acids is 1. The number of rotatable bonds is 7. The van der Waals surface area contributed by atoms with Crippen LogP contribution < -0.4 is 14.8 Å². The van der Waals surface area contributed by atoms with Gasteiger partial charge in [-0.15, -0.1) is 0 Å². The number of methoxy groups -OCH3 is 2. The van der Waals surface area contributed by atoms with Gasteiger partial charge in [0, 0.05) is 32.1 Å². The molecule has 0 unspecified atom stereocenters. The predicted octanol–water partition coefficient (Wildman–Crippen LogP) is 3.51. The number of amides is 1. The van der Waals surface area contributed by atoms with Gasteiger partial charge in [0.2, 0.25) is 5.95 Å². The molecule has 0 aliphatic carbocycles. The van der Waals surface area contributed by atoms with Gasteiger partial charge in [-0.25, -0.2) is 9.97 Å². The quantitative estimate of drug-likeness (QED) is 0.678. The van der Waals surface area contributed by atoms with Gasteiger partial charge in [-0.3, -0.25) is 4.79 Å². The van der Waals surface area contributed by atoms with E-state index in [1.807, 2.05) is 36.4 Å². The fourth-order valence-corrected chi connectivity index (χ4v) is 2.67. The molecule has 1 aromatic heterocycles. The molecule has 0 radical (unpaired) electrons. The molecule has 0 bridgehead atoms. The third-order valence-electron chi connectivity index (χ3n) is 4.16. The van der Waals surface area contributed by atoms with Crippen molar-refractivity contribution in [3.8, 4) is 11.5 Å². The van der Waals surface area contributed by atoms with Gasteiger partial charge >= 0.3 is 0 Å². The fourth-order valence-electron chi connectivity index (χ4n) is 2.67. The highest BCUT2D eigenvalue weighted by Gasteiger charge is 2.14. The molecule has 0 aliphatic rings. The first-order valence-corrected chi connectivity index (χ1v) is 8.71. The molecule has 3 aromatic rings. The predicted molar refractivity (Wildman–Crippen MR) is 107 cm³/mol. The van der Waals surface area contributed by atoms with Crippen LogP contribution in [0.15, 0.2) is 60.9 Å². The van der Waals surface area contributed by atoms with Gasteiger partial charge in [0.1, 0.15) is 11.5 Å². The maximum Gasteiger partial charge on any atom is 0.257 e. The van der Waals surface area contributed by atoms with Gasteiger partial charge < -0.3 is 19.7 Å². The molecule has 0 saturated carbocycles. The highest BCUT2D eigenvalue weighted by molar-refractivity contribution is 5.93. The Hall–Kier alpha value is -3.61. The molecule has 28 heavy (non-hydrogen) atoms. The first-order chi connectivity index (χ1) is 13.6. The molecule has 0 spiro atoms. The van der Waals surface area contributed by atoms with E-state index in [-0.39, 0.29) is 5.91 Å². The maximum absolute atomic E-state index is 12.6. The van der Waals surface area contributed by atoms with Gasteiger partial charge in [0.15, 0.2) is 0 Å². The maximum atomic E-state index is 12.6. The number of ether oxygens (including phenoxy) is 2. The Morgan fingerprint density at radius 2 is 1.75 bits per heavy atom. The van der Waals surface area contributed by atoms with Crippen LogP contribution in [0.5, 0.6) is 11.5 Å². The summed E-state index contributed by atoms with van der Waals surface area (Å²) in [5.41, 5.74) is 2.18. The molecule has 144 valence electrons. The number of benzene rings is 2. The van der Waals surface area contributed by atoms with Gasteiger partial charge in [-0.05, 0) is 17.7 Å². The Morgan fingerprint density at radius 3 is 2.39 bits per heavy atom. The average Bonchev–Trinajstić information content (AvgIpc) is 2.74. The van der Waals surface area contributed by atoms with E-state index >= 15 is 0 Å². The molecule has 2 aromatic carbocycles. The lowest BCUT2D eigenvalue weighted by Gasteiger charge is -2.17. The minimum Gasteiger partial charge on any atom is -0.497 e. The van der Waals surface area contributed by atoms with E-state index in [9.17, 15) is 4.79 Å². The Kier molecular flexibility index (Phi) is 6.06. The Morgan fingerprint density at radius 1 is 1.04 bits per heavy atom. The zero-order valence-electron chi connectivity index (χ0n) is 16.0. The average molecular weight is 378 g/mol. The first kappa shape index (κ1) is 19.2. The van der Waals surface area contributed by atoms with Crippen LogP contribution in [0.25, 0.3) is 0 Å². The fraction of sp³-hybridized carbons (Fsp3) is 0.190. The van der Waals surface area contributed by atoms with Crippen LogP contribution in [-0.4, -0.2) is 42.0 Å². The molecular formula is C21H22N4O3. The van der Waals surface area contributed by atoms with E-state index < -0.39 is 0 Å². The van der Waals surface area contributed by atoms with Crippen LogP contribution in [-0.2, 0) is 6.54 Å². The number of anilines is 2. The highest BCUT2D eigenvalue weighted by Crippen LogP contribution is 2.30. The van der Waals surface area contributed by atoms with E-state index in [4.69, 9.17) is 9.47 Å². The molecule has 0 fully saturated rings. The van der Waals surface area contributed by atoms with Gasteiger partial charge in [0.05, 0.1) is 25.5 Å². The second-order valence-electron chi connectivity index (χ2n) is 6.13. The molecule has 0 saturated heterocycles. The lowest BCUT2D eigenvalue weighted by molar-refractivity contribution is 0.0784. The second kappa shape index (κ2) is 8.85. The van der Waals surface area contributed by atoms with Crippen LogP contribution in [0.2, 0.25) is 0 Å². The summed E-state index contributed by atoms with van der Waals surface area (Å²) in [5.74, 6) is 1.51. The number of nitrogens with one attached hydrogen (secondary N) is 1. The van der Waals surface area contributed by atoms with Crippen molar-refractivity contribution < 1.29 is 14.3 Å². The van der Waals surface area contributed by atoms with E-state index in [0.29, 0.717) is 35.2 Å². The Bertz CT molecular complexity index is 930. The molecule has 1 N–H and O–H groups in total. The van der Waals surface area contributed by atoms with Crippen molar-refractivity contribution in [1.29, 1.82) is 0 Å². The molecule has 1 amide bonds. The van der Waals surface area contributed by atoms with Crippen LogP contribution >= 0.6 is 0 Å². The van der Waals surface area contributed by atoms with E-state index in [1.165, 1.54) is 12.4 Å². The summed E-state index contributed by atoms with van der Waals surface area (Å²) in [6, 6.07) is 15.2. The van der Waals surface area contributed by atoms with Gasteiger partial charge in [-0.1, -0.05) is 30.3 Å². The summed E-state index contributed by atoms with van der Waals surface area (Å²) in [6.07, 6.45) is 3.02. The van der Waals surface area contributed by atoms with Crippen molar-refractivity contribution >= 4 is 17.5 Å². The number of nitrogens with zero attached hydrogens (tertiary/aromatic N) is 3. The third kappa shape index (κ3) is 4.56. The lowest BCUT2D eigenvalue weighted by Crippen LogP contribution is -2.26. The summed E-state index contributed by atoms with van der Waals surface area (Å²) < 4.78 is 10.5. The van der Waals surface area contributed by atoms with Crippen molar-refractivity contribution in [3.05, 3.63) is 72.1 Å². The summed E-state index contributed by atoms with van der Waals surface area (Å²) in [6.45, 7) is 0.517. The Balaban J connectivity index is 1.68. The number of hydrogen-bond acceptors (Lipinski definition) is 6. The van der Waals surface area contributed by atoms with Crippen LogP contribution in [0.4, 0.5) is 11.6 Å². The second-order valence-corrected chi connectivity index (χ2v) is 6.13. The molecular weight excluding hydrogens is 356 g/mol. The van der Waals surface area contributed by atoms with E-state index in [2.05, 4.69) is 15.3 Å². The van der Waals surface area contributed by atoms with E-state index in [1.54, 1.807) is 38.3 Å². The van der Waals surface area contributed by atoms with E-state index in [0.717, 1.165) is 5.56 Å². The van der Waals surface area contributed by atoms with Crippen LogP contribution in [0, 0.1) is 0 Å². The van der Waals surface area contributed by atoms with Crippen molar-refractivity contribution in [2.24, 2.45) is 0 Å². The minimum atomic E-state index is -0.141. The van der Waals surface area contributed by atoms with Crippen LogP contribution in [0.1, 0.15) is 15.9 Å². The third-order valence-corrected chi connectivity index (χ3v) is 4.16. The van der Waals surface area contributed by atoms with Crippen molar-refractivity contribution in [3.63, 3.8) is 0 Å². The molecule has 7 nitrogen and oxygen atoms in total. The van der Waals surface area contributed by atoms with Crippen molar-refractivity contribution in [1.82, 2.24) is 14.9 Å². The topological polar surface area (TPSA) is 76.6 Å². The highest BCUT2D eigenvalue weighted by atomic mass is 16.5. The molecule has 0 atom stereocenters. The normalized spacial score (nSPS) is 10.2.